The fraction of sp³-hybridized carbons (Fsp3) is 1.00. The maximum absolute atomic E-state index is 5.12. The van der Waals surface area contributed by atoms with Crippen LogP contribution in [-0.2, 0) is 0 Å². The largest absolute Gasteiger partial charge is 0.203 e. The van der Waals surface area contributed by atoms with Crippen molar-refractivity contribution >= 4 is 58.8 Å². The average molecular weight is 204 g/mol. The molecule has 0 N–H and O–H groups in total. The number of hydrogen-bond acceptors (Lipinski definition) is 0. The van der Waals surface area contributed by atoms with E-state index < -0.39 is 3.79 Å². The van der Waals surface area contributed by atoms with Crippen molar-refractivity contribution in [2.45, 2.75) is 3.79 Å². The molecule has 0 rings (SSSR count). The molecule has 0 aromatic heterocycles. The van der Waals surface area contributed by atoms with Gasteiger partial charge in [0.15, 0.2) is 0 Å². The summed E-state index contributed by atoms with van der Waals surface area (Å²) < 4.78 is -1.28. The normalized spacial score (nSPS) is 10.3. The molecule has 0 aromatic rings. The number of rotatable bonds is 0. The van der Waals surface area contributed by atoms with Crippen molar-refractivity contribution in [2.24, 2.45) is 0 Å². The van der Waals surface area contributed by atoms with Gasteiger partial charge in [0.1, 0.15) is 0 Å². The molecule has 0 fully saturated rings. The Morgan fingerprint density at radius 2 is 1.29 bits per heavy atom. The fourth-order valence-electron chi connectivity index (χ4n) is 0. The molecule has 0 aliphatic rings. The zero-order valence-electron chi connectivity index (χ0n) is 3.13. The quantitative estimate of drug-likeness (QED) is 0.532. The van der Waals surface area contributed by atoms with Crippen LogP contribution in [0.1, 0.15) is 0 Å². The third-order valence-corrected chi connectivity index (χ3v) is 1.36. The molecule has 0 unspecified atom stereocenters. The van der Waals surface area contributed by atoms with Gasteiger partial charge in [0.25, 0.3) is 0 Å². The maximum atomic E-state index is 5.12. The van der Waals surface area contributed by atoms with Crippen molar-refractivity contribution in [3.63, 3.8) is 0 Å². The van der Waals surface area contributed by atoms with Gasteiger partial charge in [0.05, 0.1) is 5.88 Å². The Kier molecular flexibility index (Phi) is 6.99. The minimum Gasteiger partial charge on any atom is -0.147 e. The molecule has 0 saturated heterocycles. The zero-order chi connectivity index (χ0) is 5.21. The molecule has 0 spiro atoms. The molecule has 0 heterocycles. The number of halogens is 5. The van der Waals surface area contributed by atoms with Crippen LogP contribution in [0.4, 0.5) is 0 Å². The molecule has 0 aliphatic carbocycles. The van der Waals surface area contributed by atoms with Crippen molar-refractivity contribution in [3.05, 3.63) is 0 Å². The van der Waals surface area contributed by atoms with Gasteiger partial charge < -0.3 is 0 Å². The van der Waals surface area contributed by atoms with Gasteiger partial charge in [-0.15, -0.1) is 24.0 Å². The van der Waals surface area contributed by atoms with E-state index in [1.807, 2.05) is 0 Å². The predicted octanol–water partition coefficient (Wildman–Crippen LogP) is 3.02. The standard InChI is InChI=1S/C2H2Cl4.ClH/c3-1-2(4,5)6;/h1H2;1H. The summed E-state index contributed by atoms with van der Waals surface area (Å²) in [5.74, 6) is 0.0394. The average Bonchev–Trinajstić information content (AvgIpc) is 1.35. The summed E-state index contributed by atoms with van der Waals surface area (Å²) in [7, 11) is 0. The maximum Gasteiger partial charge on any atom is 0.203 e. The first-order valence-corrected chi connectivity index (χ1v) is 2.86. The lowest BCUT2D eigenvalue weighted by molar-refractivity contribution is 1.28. The Morgan fingerprint density at radius 3 is 1.29 bits per heavy atom. The number of alkyl halides is 4. The molecular formula is C2H3Cl5. The van der Waals surface area contributed by atoms with Crippen LogP contribution >= 0.6 is 58.8 Å². The van der Waals surface area contributed by atoms with Crippen molar-refractivity contribution < 1.29 is 0 Å². The summed E-state index contributed by atoms with van der Waals surface area (Å²) in [4.78, 5) is 0. The second-order valence-corrected chi connectivity index (χ2v) is 3.53. The minimum atomic E-state index is -1.28. The molecule has 0 amide bonds. The van der Waals surface area contributed by atoms with Gasteiger partial charge in [0, 0.05) is 0 Å². The van der Waals surface area contributed by atoms with Gasteiger partial charge in [-0.2, -0.15) is 0 Å². The molecule has 0 aromatic carbocycles. The summed E-state index contributed by atoms with van der Waals surface area (Å²) in [6.45, 7) is 0. The molecule has 0 saturated carbocycles. The van der Waals surface area contributed by atoms with Crippen LogP contribution < -0.4 is 0 Å². The Hall–Kier alpha value is 1.45. The highest BCUT2D eigenvalue weighted by Crippen LogP contribution is 2.26. The summed E-state index contributed by atoms with van der Waals surface area (Å²) in [6.07, 6.45) is 0. The molecule has 0 radical (unpaired) electrons. The van der Waals surface area contributed by atoms with E-state index in [4.69, 9.17) is 46.4 Å². The SMILES string of the molecule is Cl.ClCC(Cl)(Cl)Cl. The van der Waals surface area contributed by atoms with Crippen molar-refractivity contribution in [1.29, 1.82) is 0 Å². The van der Waals surface area contributed by atoms with E-state index in [0.29, 0.717) is 0 Å². The molecule has 0 atom stereocenters. The van der Waals surface area contributed by atoms with Gasteiger partial charge >= 0.3 is 0 Å². The molecule has 0 bridgehead atoms. The van der Waals surface area contributed by atoms with Gasteiger partial charge in [-0.05, 0) is 0 Å². The van der Waals surface area contributed by atoms with E-state index >= 15 is 0 Å². The second kappa shape index (κ2) is 4.34. The lowest BCUT2D eigenvalue weighted by Gasteiger charge is -2.00. The Bertz CT molecular complexity index is 35.8. The van der Waals surface area contributed by atoms with Crippen molar-refractivity contribution in [2.75, 3.05) is 5.88 Å². The topological polar surface area (TPSA) is 0 Å². The number of hydrogen-bond donors (Lipinski definition) is 0. The van der Waals surface area contributed by atoms with Crippen LogP contribution in [0.15, 0.2) is 0 Å². The van der Waals surface area contributed by atoms with Gasteiger partial charge in [-0.25, -0.2) is 0 Å². The van der Waals surface area contributed by atoms with Crippen molar-refractivity contribution in [3.8, 4) is 0 Å². The second-order valence-electron chi connectivity index (χ2n) is 0.749. The lowest BCUT2D eigenvalue weighted by Crippen LogP contribution is -2.01. The van der Waals surface area contributed by atoms with Crippen LogP contribution in [-0.4, -0.2) is 9.67 Å². The molecule has 7 heavy (non-hydrogen) atoms. The van der Waals surface area contributed by atoms with Crippen LogP contribution in [0.5, 0.6) is 0 Å². The van der Waals surface area contributed by atoms with E-state index in [9.17, 15) is 0 Å². The lowest BCUT2D eigenvalue weighted by atomic mass is 10.9. The highest BCUT2D eigenvalue weighted by molar-refractivity contribution is 6.69. The Balaban J connectivity index is 0. The van der Waals surface area contributed by atoms with E-state index in [1.165, 1.54) is 0 Å². The minimum absolute atomic E-state index is 0. The van der Waals surface area contributed by atoms with E-state index in [1.54, 1.807) is 0 Å². The van der Waals surface area contributed by atoms with Crippen LogP contribution in [0, 0.1) is 0 Å². The predicted molar refractivity (Wildman–Crippen MR) is 38.3 cm³/mol. The zero-order valence-corrected chi connectivity index (χ0v) is 6.97. The first-order valence-electron chi connectivity index (χ1n) is 1.19. The highest BCUT2D eigenvalue weighted by atomic mass is 35.6. The van der Waals surface area contributed by atoms with E-state index in [2.05, 4.69) is 0 Å². The molecular weight excluding hydrogens is 201 g/mol. The third kappa shape index (κ3) is 11.2. The Labute approximate surface area is 68.5 Å². The summed E-state index contributed by atoms with van der Waals surface area (Å²) in [5.41, 5.74) is 0. The molecule has 0 nitrogen and oxygen atoms in total. The highest BCUT2D eigenvalue weighted by Gasteiger charge is 2.16. The first-order chi connectivity index (χ1) is 2.56. The van der Waals surface area contributed by atoms with Crippen LogP contribution in [0.25, 0.3) is 0 Å². The van der Waals surface area contributed by atoms with Gasteiger partial charge in [-0.1, -0.05) is 34.8 Å². The third-order valence-electron chi connectivity index (χ3n) is 0.152. The molecule has 0 aliphatic heterocycles. The fourth-order valence-corrected chi connectivity index (χ4v) is 0. The van der Waals surface area contributed by atoms with E-state index in [0.717, 1.165) is 0 Å². The van der Waals surface area contributed by atoms with Crippen LogP contribution in [0.3, 0.4) is 0 Å². The van der Waals surface area contributed by atoms with Gasteiger partial charge in [-0.3, -0.25) is 0 Å². The molecule has 5 heteroatoms. The molecule has 46 valence electrons. The van der Waals surface area contributed by atoms with Crippen molar-refractivity contribution in [1.82, 2.24) is 0 Å². The smallest absolute Gasteiger partial charge is 0.147 e. The monoisotopic (exact) mass is 202 g/mol. The summed E-state index contributed by atoms with van der Waals surface area (Å²) in [6, 6.07) is 0. The summed E-state index contributed by atoms with van der Waals surface area (Å²) in [5, 5.41) is 0. The van der Waals surface area contributed by atoms with Crippen LogP contribution in [0.2, 0.25) is 0 Å². The van der Waals surface area contributed by atoms with E-state index in [-0.39, 0.29) is 18.3 Å². The Morgan fingerprint density at radius 1 is 1.14 bits per heavy atom. The van der Waals surface area contributed by atoms with Gasteiger partial charge in [0.2, 0.25) is 3.79 Å². The summed E-state index contributed by atoms with van der Waals surface area (Å²) >= 11 is 20.4. The first kappa shape index (κ1) is 11.3.